The van der Waals surface area contributed by atoms with Crippen LogP contribution >= 0.6 is 11.6 Å². The number of fused-ring (bicyclic) bond motifs is 1. The maximum Gasteiger partial charge on any atom is 0.268 e. The fourth-order valence-corrected chi connectivity index (χ4v) is 5.85. The summed E-state index contributed by atoms with van der Waals surface area (Å²) in [6, 6.07) is 14.3. The lowest BCUT2D eigenvalue weighted by molar-refractivity contribution is -0.116. The van der Waals surface area contributed by atoms with Gasteiger partial charge in [0.2, 0.25) is 5.91 Å². The Balaban J connectivity index is 1.60. The number of aromatic nitrogens is 2. The number of sulfonamides is 1. The van der Waals surface area contributed by atoms with Crippen molar-refractivity contribution in [1.82, 2.24) is 9.78 Å². The number of nitrogens with zero attached hydrogens (tertiary/aromatic N) is 3. The minimum atomic E-state index is -3.79. The number of hydrogen-bond acceptors (Lipinski definition) is 4. The average Bonchev–Trinajstić information content (AvgIpc) is 3.23. The van der Waals surface area contributed by atoms with Gasteiger partial charge in [0.1, 0.15) is 11.4 Å². The van der Waals surface area contributed by atoms with E-state index in [1.807, 2.05) is 24.3 Å². The van der Waals surface area contributed by atoms with Gasteiger partial charge in [-0.25, -0.2) is 8.42 Å². The highest BCUT2D eigenvalue weighted by atomic mass is 35.5. The van der Waals surface area contributed by atoms with Gasteiger partial charge in [-0.1, -0.05) is 35.9 Å². The molecule has 0 fully saturated rings. The van der Waals surface area contributed by atoms with E-state index in [0.29, 0.717) is 40.8 Å². The molecule has 2 heterocycles. The van der Waals surface area contributed by atoms with Gasteiger partial charge >= 0.3 is 0 Å². The Morgan fingerprint density at radius 3 is 2.70 bits per heavy atom. The van der Waals surface area contributed by atoms with Crippen LogP contribution < -0.4 is 9.62 Å². The van der Waals surface area contributed by atoms with Gasteiger partial charge in [-0.15, -0.1) is 0 Å². The van der Waals surface area contributed by atoms with Crippen LogP contribution in [0, 0.1) is 13.8 Å². The quantitative estimate of drug-likeness (QED) is 0.652. The number of hydrogen-bond donors (Lipinski definition) is 1. The van der Waals surface area contributed by atoms with E-state index in [1.54, 1.807) is 38.1 Å². The van der Waals surface area contributed by atoms with Crippen LogP contribution in [0.3, 0.4) is 0 Å². The summed E-state index contributed by atoms with van der Waals surface area (Å²) in [4.78, 5) is 12.6. The number of anilines is 2. The zero-order chi connectivity index (χ0) is 21.5. The number of amides is 1. The van der Waals surface area contributed by atoms with Crippen molar-refractivity contribution < 1.29 is 13.2 Å². The van der Waals surface area contributed by atoms with Crippen LogP contribution in [0.25, 0.3) is 0 Å². The molecule has 4 rings (SSSR count). The standard InChI is InChI=1S/C21H21ClN4O3S/c1-14-21(30(28,29)26-11-10-16-6-3-4-9-19(16)26)15(2)25(24-14)13-20(27)23-18-8-5-7-17(22)12-18/h3-9,12H,10-11,13H2,1-2H3,(H,23,27). The van der Waals surface area contributed by atoms with Gasteiger partial charge in [-0.2, -0.15) is 5.10 Å². The largest absolute Gasteiger partial charge is 0.324 e. The molecule has 0 radical (unpaired) electrons. The second-order valence-corrected chi connectivity index (χ2v) is 9.41. The van der Waals surface area contributed by atoms with Gasteiger partial charge in [-0.05, 0) is 50.1 Å². The van der Waals surface area contributed by atoms with Gasteiger partial charge in [0.15, 0.2) is 0 Å². The Bertz CT molecular complexity index is 1240. The van der Waals surface area contributed by atoms with Crippen LogP contribution in [0.15, 0.2) is 53.4 Å². The molecule has 3 aromatic rings. The summed E-state index contributed by atoms with van der Waals surface area (Å²) >= 11 is 5.95. The summed E-state index contributed by atoms with van der Waals surface area (Å²) in [5, 5.41) is 7.59. The number of nitrogens with one attached hydrogen (secondary N) is 1. The zero-order valence-electron chi connectivity index (χ0n) is 16.6. The molecule has 1 aliphatic rings. The number of aryl methyl sites for hydroxylation is 1. The predicted molar refractivity (Wildman–Crippen MR) is 116 cm³/mol. The number of benzene rings is 2. The van der Waals surface area contributed by atoms with Crippen molar-refractivity contribution in [2.75, 3.05) is 16.2 Å². The molecule has 1 N–H and O–H groups in total. The van der Waals surface area contributed by atoms with E-state index < -0.39 is 10.0 Å². The summed E-state index contributed by atoms with van der Waals surface area (Å²) in [5.74, 6) is -0.321. The average molecular weight is 445 g/mol. The molecule has 0 atom stereocenters. The van der Waals surface area contributed by atoms with E-state index in [-0.39, 0.29) is 17.3 Å². The lowest BCUT2D eigenvalue weighted by atomic mass is 10.2. The highest BCUT2D eigenvalue weighted by Gasteiger charge is 2.35. The Hall–Kier alpha value is -2.84. The molecule has 30 heavy (non-hydrogen) atoms. The van der Waals surface area contributed by atoms with Crippen LogP contribution in [-0.4, -0.2) is 30.7 Å². The molecule has 1 aromatic heterocycles. The number of rotatable bonds is 5. The van der Waals surface area contributed by atoms with Crippen molar-refractivity contribution in [3.8, 4) is 0 Å². The van der Waals surface area contributed by atoms with Crippen molar-refractivity contribution in [1.29, 1.82) is 0 Å². The highest BCUT2D eigenvalue weighted by Crippen LogP contribution is 2.34. The van der Waals surface area contributed by atoms with Crippen LogP contribution in [0.2, 0.25) is 5.02 Å². The fourth-order valence-electron chi connectivity index (χ4n) is 3.78. The third-order valence-corrected chi connectivity index (χ3v) is 7.41. The molecule has 1 aliphatic heterocycles. The van der Waals surface area contributed by atoms with Crippen LogP contribution in [-0.2, 0) is 27.8 Å². The highest BCUT2D eigenvalue weighted by molar-refractivity contribution is 7.93. The van der Waals surface area contributed by atoms with E-state index in [1.165, 1.54) is 8.99 Å². The summed E-state index contributed by atoms with van der Waals surface area (Å²) < 4.78 is 29.7. The summed E-state index contributed by atoms with van der Waals surface area (Å²) in [7, 11) is -3.79. The Morgan fingerprint density at radius 2 is 1.93 bits per heavy atom. The molecule has 7 nitrogen and oxygen atoms in total. The first-order valence-electron chi connectivity index (χ1n) is 9.47. The van der Waals surface area contributed by atoms with Gasteiger partial charge in [0.25, 0.3) is 10.0 Å². The van der Waals surface area contributed by atoms with Gasteiger partial charge in [0, 0.05) is 17.3 Å². The fraction of sp³-hybridized carbons (Fsp3) is 0.238. The first-order chi connectivity index (χ1) is 14.3. The minimum absolute atomic E-state index is 0.106. The molecule has 0 bridgehead atoms. The number of para-hydroxylation sites is 1. The van der Waals surface area contributed by atoms with E-state index in [4.69, 9.17) is 11.6 Å². The van der Waals surface area contributed by atoms with E-state index in [0.717, 1.165) is 5.56 Å². The number of carbonyl (C=O) groups is 1. The molecule has 9 heteroatoms. The van der Waals surface area contributed by atoms with Crippen molar-refractivity contribution in [2.24, 2.45) is 0 Å². The Kier molecular flexibility index (Phi) is 5.29. The number of carbonyl (C=O) groups excluding carboxylic acids is 1. The summed E-state index contributed by atoms with van der Waals surface area (Å²) in [6.07, 6.45) is 0.670. The lowest BCUT2D eigenvalue weighted by Crippen LogP contribution is -2.30. The molecule has 156 valence electrons. The van der Waals surface area contributed by atoms with Crippen LogP contribution in [0.5, 0.6) is 0 Å². The topological polar surface area (TPSA) is 84.3 Å². The molecule has 2 aromatic carbocycles. The van der Waals surface area contributed by atoms with Crippen molar-refractivity contribution >= 4 is 38.9 Å². The molecular weight excluding hydrogens is 424 g/mol. The van der Waals surface area contributed by atoms with Gasteiger partial charge in [-0.3, -0.25) is 13.8 Å². The molecule has 0 aliphatic carbocycles. The molecule has 1 amide bonds. The third-order valence-electron chi connectivity index (χ3n) is 5.11. The maximum absolute atomic E-state index is 13.4. The van der Waals surface area contributed by atoms with Crippen LogP contribution in [0.4, 0.5) is 11.4 Å². The molecule has 0 saturated heterocycles. The van der Waals surface area contributed by atoms with E-state index >= 15 is 0 Å². The number of halogens is 1. The van der Waals surface area contributed by atoms with E-state index in [9.17, 15) is 13.2 Å². The first-order valence-corrected chi connectivity index (χ1v) is 11.3. The first kappa shape index (κ1) is 20.4. The van der Waals surface area contributed by atoms with Crippen LogP contribution in [0.1, 0.15) is 17.0 Å². The summed E-state index contributed by atoms with van der Waals surface area (Å²) in [5.41, 5.74) is 3.06. The van der Waals surface area contributed by atoms with Crippen molar-refractivity contribution in [3.05, 3.63) is 70.5 Å². The Morgan fingerprint density at radius 1 is 1.17 bits per heavy atom. The molecular formula is C21H21ClN4O3S. The maximum atomic E-state index is 13.4. The summed E-state index contributed by atoms with van der Waals surface area (Å²) in [6.45, 7) is 3.60. The normalized spacial score (nSPS) is 13.4. The lowest BCUT2D eigenvalue weighted by Gasteiger charge is -2.19. The van der Waals surface area contributed by atoms with Crippen molar-refractivity contribution in [2.45, 2.75) is 31.7 Å². The van der Waals surface area contributed by atoms with Crippen molar-refractivity contribution in [3.63, 3.8) is 0 Å². The second-order valence-electron chi connectivity index (χ2n) is 7.17. The SMILES string of the molecule is Cc1nn(CC(=O)Nc2cccc(Cl)c2)c(C)c1S(=O)(=O)N1CCc2ccccc21. The van der Waals surface area contributed by atoms with Gasteiger partial charge < -0.3 is 5.32 Å². The minimum Gasteiger partial charge on any atom is -0.324 e. The molecule has 0 saturated carbocycles. The van der Waals surface area contributed by atoms with Gasteiger partial charge in [0.05, 0.1) is 17.1 Å². The zero-order valence-corrected chi connectivity index (χ0v) is 18.2. The monoisotopic (exact) mass is 444 g/mol. The van der Waals surface area contributed by atoms with E-state index in [2.05, 4.69) is 10.4 Å². The predicted octanol–water partition coefficient (Wildman–Crippen LogP) is 3.54. The molecule has 0 spiro atoms. The third kappa shape index (κ3) is 3.68. The Labute approximate surface area is 180 Å². The smallest absolute Gasteiger partial charge is 0.268 e. The molecule has 0 unspecified atom stereocenters. The second kappa shape index (κ2) is 7.77.